The molecule has 3 nitrogen and oxygen atoms in total. The molecule has 0 amide bonds. The average Bonchev–Trinajstić information content (AvgIpc) is 2.11. The number of carboxylic acid groups (broad SMARTS) is 1. The monoisotopic (exact) mass is 193 g/mol. The van der Waals surface area contributed by atoms with Crippen LogP contribution in [0.4, 0.5) is 5.69 Å². The van der Waals surface area contributed by atoms with Crippen LogP contribution < -0.4 is 5.32 Å². The van der Waals surface area contributed by atoms with Crippen LogP contribution in [0.5, 0.6) is 0 Å². The summed E-state index contributed by atoms with van der Waals surface area (Å²) >= 11 is 0. The highest BCUT2D eigenvalue weighted by molar-refractivity contribution is 5.77. The molecule has 1 atom stereocenters. The van der Waals surface area contributed by atoms with Gasteiger partial charge < -0.3 is 10.4 Å². The van der Waals surface area contributed by atoms with Gasteiger partial charge in [0.15, 0.2) is 0 Å². The summed E-state index contributed by atoms with van der Waals surface area (Å²) < 4.78 is 0. The molecule has 3 heteroatoms. The average molecular weight is 193 g/mol. The van der Waals surface area contributed by atoms with Gasteiger partial charge in [-0.05, 0) is 31.9 Å². The van der Waals surface area contributed by atoms with E-state index >= 15 is 0 Å². The number of hydrogen-bond donors (Lipinski definition) is 2. The highest BCUT2D eigenvalue weighted by Gasteiger charge is 2.12. The van der Waals surface area contributed by atoms with E-state index in [0.29, 0.717) is 0 Å². The largest absolute Gasteiger partial charge is 0.480 e. The summed E-state index contributed by atoms with van der Waals surface area (Å²) in [5.41, 5.74) is 3.05. The van der Waals surface area contributed by atoms with Gasteiger partial charge in [-0.25, -0.2) is 0 Å². The number of anilines is 1. The standard InChI is InChI=1S/C11H15NO2/c1-7-5-4-6-8(2)10(7)12-9(3)11(13)14/h4-6,9,12H,1-3H3,(H,13,14)/t9-/m0/s1. The zero-order valence-electron chi connectivity index (χ0n) is 8.66. The maximum Gasteiger partial charge on any atom is 0.325 e. The highest BCUT2D eigenvalue weighted by atomic mass is 16.4. The first-order valence-electron chi connectivity index (χ1n) is 4.58. The van der Waals surface area contributed by atoms with Gasteiger partial charge in [0.25, 0.3) is 0 Å². The molecule has 2 N–H and O–H groups in total. The van der Waals surface area contributed by atoms with Crippen molar-refractivity contribution in [3.63, 3.8) is 0 Å². The lowest BCUT2D eigenvalue weighted by Crippen LogP contribution is -2.26. The van der Waals surface area contributed by atoms with Gasteiger partial charge in [-0.2, -0.15) is 0 Å². The topological polar surface area (TPSA) is 49.3 Å². The van der Waals surface area contributed by atoms with Crippen molar-refractivity contribution >= 4 is 11.7 Å². The molecule has 1 aromatic rings. The molecule has 1 aromatic carbocycles. The summed E-state index contributed by atoms with van der Waals surface area (Å²) in [4.78, 5) is 10.7. The smallest absolute Gasteiger partial charge is 0.325 e. The van der Waals surface area contributed by atoms with Crippen molar-refractivity contribution < 1.29 is 9.90 Å². The molecule has 0 aliphatic rings. The summed E-state index contributed by atoms with van der Waals surface area (Å²) in [7, 11) is 0. The zero-order chi connectivity index (χ0) is 10.7. The lowest BCUT2D eigenvalue weighted by atomic mass is 10.1. The fourth-order valence-electron chi connectivity index (χ4n) is 1.32. The maximum absolute atomic E-state index is 10.7. The molecule has 0 heterocycles. The molecule has 1 rings (SSSR count). The number of para-hydroxylation sites is 1. The second-order valence-electron chi connectivity index (χ2n) is 3.47. The molecule has 14 heavy (non-hydrogen) atoms. The van der Waals surface area contributed by atoms with E-state index in [2.05, 4.69) is 5.32 Å². The van der Waals surface area contributed by atoms with Gasteiger partial charge >= 0.3 is 5.97 Å². The third-order valence-electron chi connectivity index (χ3n) is 2.21. The van der Waals surface area contributed by atoms with E-state index in [1.54, 1.807) is 6.92 Å². The van der Waals surface area contributed by atoms with E-state index < -0.39 is 12.0 Å². The Balaban J connectivity index is 2.91. The van der Waals surface area contributed by atoms with Crippen molar-refractivity contribution in [3.05, 3.63) is 29.3 Å². The van der Waals surface area contributed by atoms with Gasteiger partial charge in [-0.3, -0.25) is 4.79 Å². The van der Waals surface area contributed by atoms with E-state index in [-0.39, 0.29) is 0 Å². The van der Waals surface area contributed by atoms with Crippen LogP contribution in [0.15, 0.2) is 18.2 Å². The fraction of sp³-hybridized carbons (Fsp3) is 0.364. The van der Waals surface area contributed by atoms with Crippen LogP contribution >= 0.6 is 0 Å². The van der Waals surface area contributed by atoms with Crippen LogP contribution in [0.2, 0.25) is 0 Å². The summed E-state index contributed by atoms with van der Waals surface area (Å²) in [5, 5.41) is 11.7. The molecular formula is C11H15NO2. The molecule has 0 bridgehead atoms. The number of aryl methyl sites for hydroxylation is 2. The predicted molar refractivity (Wildman–Crippen MR) is 56.6 cm³/mol. The van der Waals surface area contributed by atoms with Gasteiger partial charge in [0.05, 0.1) is 0 Å². The van der Waals surface area contributed by atoms with Gasteiger partial charge in [-0.15, -0.1) is 0 Å². The van der Waals surface area contributed by atoms with E-state index in [1.165, 1.54) is 0 Å². The Kier molecular flexibility index (Phi) is 3.12. The summed E-state index contributed by atoms with van der Waals surface area (Å²) in [6, 6.07) is 5.32. The molecule has 0 fully saturated rings. The second-order valence-corrected chi connectivity index (χ2v) is 3.47. The molecule has 0 aromatic heterocycles. The molecule has 0 spiro atoms. The Morgan fingerprint density at radius 1 is 1.36 bits per heavy atom. The third-order valence-corrected chi connectivity index (χ3v) is 2.21. The number of nitrogens with one attached hydrogen (secondary N) is 1. The van der Waals surface area contributed by atoms with Crippen LogP contribution in [0.1, 0.15) is 18.1 Å². The highest BCUT2D eigenvalue weighted by Crippen LogP contribution is 2.20. The number of rotatable bonds is 3. The molecule has 0 unspecified atom stereocenters. The summed E-state index contributed by atoms with van der Waals surface area (Å²) in [6.45, 7) is 5.56. The summed E-state index contributed by atoms with van der Waals surface area (Å²) in [6.07, 6.45) is 0. The Morgan fingerprint density at radius 3 is 2.29 bits per heavy atom. The van der Waals surface area contributed by atoms with Crippen molar-refractivity contribution in [2.75, 3.05) is 5.32 Å². The van der Waals surface area contributed by atoms with Crippen LogP contribution in [-0.4, -0.2) is 17.1 Å². The Labute approximate surface area is 83.8 Å². The SMILES string of the molecule is Cc1cccc(C)c1N[C@@H](C)C(=O)O. The molecule has 0 saturated heterocycles. The quantitative estimate of drug-likeness (QED) is 0.773. The van der Waals surface area contributed by atoms with Crippen molar-refractivity contribution in [3.8, 4) is 0 Å². The zero-order valence-corrected chi connectivity index (χ0v) is 8.66. The molecule has 0 saturated carbocycles. The number of carbonyl (C=O) groups is 1. The molecule has 0 radical (unpaired) electrons. The molecule has 0 aliphatic carbocycles. The van der Waals surface area contributed by atoms with Gasteiger partial charge in [0, 0.05) is 5.69 Å². The second kappa shape index (κ2) is 4.13. The normalized spacial score (nSPS) is 12.2. The van der Waals surface area contributed by atoms with E-state index in [1.807, 2.05) is 32.0 Å². The minimum atomic E-state index is -0.840. The maximum atomic E-state index is 10.7. The van der Waals surface area contributed by atoms with E-state index in [0.717, 1.165) is 16.8 Å². The Hall–Kier alpha value is -1.51. The van der Waals surface area contributed by atoms with E-state index in [4.69, 9.17) is 5.11 Å². The number of benzene rings is 1. The van der Waals surface area contributed by atoms with Crippen molar-refractivity contribution in [2.24, 2.45) is 0 Å². The molecule has 0 aliphatic heterocycles. The Bertz CT molecular complexity index is 327. The molecule has 76 valence electrons. The van der Waals surface area contributed by atoms with Crippen LogP contribution in [-0.2, 0) is 4.79 Å². The van der Waals surface area contributed by atoms with Crippen molar-refractivity contribution in [1.82, 2.24) is 0 Å². The lowest BCUT2D eigenvalue weighted by molar-refractivity contribution is -0.137. The fourth-order valence-corrected chi connectivity index (χ4v) is 1.32. The minimum Gasteiger partial charge on any atom is -0.480 e. The Morgan fingerprint density at radius 2 is 1.86 bits per heavy atom. The first kappa shape index (κ1) is 10.6. The first-order chi connectivity index (χ1) is 6.52. The third kappa shape index (κ3) is 2.25. The van der Waals surface area contributed by atoms with Crippen LogP contribution in [0, 0.1) is 13.8 Å². The van der Waals surface area contributed by atoms with Crippen LogP contribution in [0.3, 0.4) is 0 Å². The number of carboxylic acids is 1. The number of hydrogen-bond acceptors (Lipinski definition) is 2. The first-order valence-corrected chi connectivity index (χ1v) is 4.58. The summed E-state index contributed by atoms with van der Waals surface area (Å²) in [5.74, 6) is -0.840. The van der Waals surface area contributed by atoms with Crippen LogP contribution in [0.25, 0.3) is 0 Å². The lowest BCUT2D eigenvalue weighted by Gasteiger charge is -2.15. The van der Waals surface area contributed by atoms with Gasteiger partial charge in [-0.1, -0.05) is 18.2 Å². The number of aliphatic carboxylic acids is 1. The van der Waals surface area contributed by atoms with Gasteiger partial charge in [0.2, 0.25) is 0 Å². The molecular weight excluding hydrogens is 178 g/mol. The van der Waals surface area contributed by atoms with Gasteiger partial charge in [0.1, 0.15) is 6.04 Å². The minimum absolute atomic E-state index is 0.560. The van der Waals surface area contributed by atoms with Crippen molar-refractivity contribution in [2.45, 2.75) is 26.8 Å². The predicted octanol–water partition coefficient (Wildman–Crippen LogP) is 2.19. The van der Waals surface area contributed by atoms with E-state index in [9.17, 15) is 4.79 Å². The van der Waals surface area contributed by atoms with Crippen molar-refractivity contribution in [1.29, 1.82) is 0 Å².